The van der Waals surface area contributed by atoms with Gasteiger partial charge in [-0.1, -0.05) is 43.4 Å². The van der Waals surface area contributed by atoms with E-state index in [-0.39, 0.29) is 5.97 Å². The summed E-state index contributed by atoms with van der Waals surface area (Å²) in [6, 6.07) is 8.98. The molecule has 84 valence electrons. The monoisotopic (exact) mass is 216 g/mol. The lowest BCUT2D eigenvalue weighted by Gasteiger charge is -2.00. The molecule has 1 aromatic carbocycles. The van der Waals surface area contributed by atoms with Crippen LogP contribution in [0.4, 0.5) is 0 Å². The summed E-state index contributed by atoms with van der Waals surface area (Å²) in [4.78, 5) is 11.5. The van der Waals surface area contributed by atoms with Gasteiger partial charge >= 0.3 is 5.97 Å². The topological polar surface area (TPSA) is 26.3 Å². The average molecular weight is 216 g/mol. The predicted octanol–water partition coefficient (Wildman–Crippen LogP) is 3.37. The van der Waals surface area contributed by atoms with Gasteiger partial charge in [-0.15, -0.1) is 0 Å². The summed E-state index contributed by atoms with van der Waals surface area (Å²) in [7, 11) is 0. The second kappa shape index (κ2) is 7.46. The summed E-state index contributed by atoms with van der Waals surface area (Å²) >= 11 is 0. The third-order valence-electron chi connectivity index (χ3n) is 1.94. The van der Waals surface area contributed by atoms with Gasteiger partial charge in [-0.25, -0.2) is 4.79 Å². The van der Waals surface area contributed by atoms with Crippen molar-refractivity contribution < 1.29 is 9.53 Å². The van der Waals surface area contributed by atoms with E-state index < -0.39 is 0 Å². The van der Waals surface area contributed by atoms with Crippen LogP contribution in [0.25, 0.3) is 0 Å². The lowest BCUT2D eigenvalue weighted by molar-refractivity contribution is 0.0549. The fourth-order valence-corrected chi connectivity index (χ4v) is 1.13. The molecule has 16 heavy (non-hydrogen) atoms. The first-order valence-corrected chi connectivity index (χ1v) is 5.38. The van der Waals surface area contributed by atoms with Crippen molar-refractivity contribution in [1.29, 1.82) is 0 Å². The average Bonchev–Trinajstić information content (AvgIpc) is 2.34. The van der Waals surface area contributed by atoms with Crippen molar-refractivity contribution >= 4 is 5.97 Å². The van der Waals surface area contributed by atoms with Gasteiger partial charge < -0.3 is 4.74 Å². The quantitative estimate of drug-likeness (QED) is 0.557. The van der Waals surface area contributed by atoms with Crippen LogP contribution < -0.4 is 0 Å². The first-order chi connectivity index (χ1) is 7.84. The smallest absolute Gasteiger partial charge is 0.338 e. The fraction of sp³-hybridized carbons (Fsp3) is 0.214. The Balaban J connectivity index is 2.31. The number of esters is 1. The van der Waals surface area contributed by atoms with Crippen molar-refractivity contribution in [1.82, 2.24) is 0 Å². The lowest BCUT2D eigenvalue weighted by atomic mass is 10.2. The highest BCUT2D eigenvalue weighted by Gasteiger charge is 2.03. The Hall–Kier alpha value is -1.83. The Morgan fingerprint density at radius 3 is 2.56 bits per heavy atom. The van der Waals surface area contributed by atoms with Crippen molar-refractivity contribution in [2.75, 3.05) is 6.61 Å². The molecular formula is C14H16O2. The van der Waals surface area contributed by atoms with Crippen molar-refractivity contribution in [3.05, 3.63) is 60.2 Å². The van der Waals surface area contributed by atoms with E-state index in [1.165, 1.54) is 0 Å². The van der Waals surface area contributed by atoms with E-state index in [4.69, 9.17) is 4.74 Å². The predicted molar refractivity (Wildman–Crippen MR) is 65.3 cm³/mol. The van der Waals surface area contributed by atoms with Crippen LogP contribution in [0.3, 0.4) is 0 Å². The molecule has 1 rings (SSSR count). The van der Waals surface area contributed by atoms with E-state index in [2.05, 4.69) is 6.92 Å². The van der Waals surface area contributed by atoms with E-state index in [0.29, 0.717) is 12.2 Å². The number of rotatable bonds is 5. The maximum Gasteiger partial charge on any atom is 0.338 e. The summed E-state index contributed by atoms with van der Waals surface area (Å²) in [5, 5.41) is 0. The molecule has 0 saturated carbocycles. The SMILES string of the molecule is CC/C=C/C=C/COC(=O)c1ccccc1. The van der Waals surface area contributed by atoms with Crippen LogP contribution in [0, 0.1) is 0 Å². The Labute approximate surface area is 96.2 Å². The highest BCUT2D eigenvalue weighted by molar-refractivity contribution is 5.89. The molecule has 1 aromatic rings. The van der Waals surface area contributed by atoms with Crippen molar-refractivity contribution in [2.45, 2.75) is 13.3 Å². The van der Waals surface area contributed by atoms with Crippen molar-refractivity contribution in [3.8, 4) is 0 Å². The van der Waals surface area contributed by atoms with Crippen LogP contribution in [0.2, 0.25) is 0 Å². The number of carbonyl (C=O) groups excluding carboxylic acids is 1. The van der Waals surface area contributed by atoms with Crippen LogP contribution in [0.5, 0.6) is 0 Å². The molecule has 0 aromatic heterocycles. The molecule has 0 heterocycles. The number of benzene rings is 1. The summed E-state index contributed by atoms with van der Waals surface area (Å²) in [5.74, 6) is -0.287. The molecule has 0 amide bonds. The van der Waals surface area contributed by atoms with Crippen LogP contribution >= 0.6 is 0 Å². The Morgan fingerprint density at radius 2 is 1.88 bits per heavy atom. The van der Waals surface area contributed by atoms with E-state index in [1.807, 2.05) is 42.5 Å². The summed E-state index contributed by atoms with van der Waals surface area (Å²) < 4.78 is 5.05. The second-order valence-electron chi connectivity index (χ2n) is 3.23. The van der Waals surface area contributed by atoms with Gasteiger partial charge in [0.2, 0.25) is 0 Å². The third-order valence-corrected chi connectivity index (χ3v) is 1.94. The number of hydrogen-bond acceptors (Lipinski definition) is 2. The van der Waals surface area contributed by atoms with Gasteiger partial charge in [0.15, 0.2) is 0 Å². The molecule has 0 N–H and O–H groups in total. The Morgan fingerprint density at radius 1 is 1.19 bits per heavy atom. The molecule has 0 fully saturated rings. The van der Waals surface area contributed by atoms with Gasteiger partial charge in [0.05, 0.1) is 5.56 Å². The molecule has 0 spiro atoms. The fourth-order valence-electron chi connectivity index (χ4n) is 1.13. The highest BCUT2D eigenvalue weighted by Crippen LogP contribution is 2.00. The molecule has 2 nitrogen and oxygen atoms in total. The van der Waals surface area contributed by atoms with Gasteiger partial charge in [0, 0.05) is 0 Å². The number of ether oxygens (including phenoxy) is 1. The van der Waals surface area contributed by atoms with E-state index in [1.54, 1.807) is 12.1 Å². The lowest BCUT2D eigenvalue weighted by Crippen LogP contribution is -2.04. The molecule has 0 aliphatic rings. The van der Waals surface area contributed by atoms with E-state index in [9.17, 15) is 4.79 Å². The molecule has 0 saturated heterocycles. The minimum Gasteiger partial charge on any atom is -0.458 e. The molecular weight excluding hydrogens is 200 g/mol. The largest absolute Gasteiger partial charge is 0.458 e. The first-order valence-electron chi connectivity index (χ1n) is 5.38. The van der Waals surface area contributed by atoms with Crippen molar-refractivity contribution in [2.24, 2.45) is 0 Å². The van der Waals surface area contributed by atoms with Crippen LogP contribution in [0.1, 0.15) is 23.7 Å². The van der Waals surface area contributed by atoms with Crippen LogP contribution in [-0.4, -0.2) is 12.6 Å². The van der Waals surface area contributed by atoms with Gasteiger partial charge in [-0.3, -0.25) is 0 Å². The molecule has 2 heteroatoms. The molecule has 0 radical (unpaired) electrons. The number of hydrogen-bond donors (Lipinski definition) is 0. The minimum absolute atomic E-state index is 0.287. The number of carbonyl (C=O) groups is 1. The molecule has 0 aliphatic heterocycles. The number of allylic oxidation sites excluding steroid dienone is 3. The molecule has 0 atom stereocenters. The Kier molecular flexibility index (Phi) is 5.71. The maximum absolute atomic E-state index is 11.5. The van der Waals surface area contributed by atoms with Gasteiger partial charge in [-0.2, -0.15) is 0 Å². The summed E-state index contributed by atoms with van der Waals surface area (Å²) in [6.45, 7) is 2.38. The first kappa shape index (κ1) is 12.2. The summed E-state index contributed by atoms with van der Waals surface area (Å²) in [5.41, 5.74) is 0.583. The zero-order valence-electron chi connectivity index (χ0n) is 9.43. The Bertz CT molecular complexity index is 364. The maximum atomic E-state index is 11.5. The third kappa shape index (κ3) is 4.60. The normalized spacial score (nSPS) is 11.1. The standard InChI is InChI=1S/C14H16O2/c1-2-3-4-5-9-12-16-14(15)13-10-7-6-8-11-13/h3-11H,2,12H2,1H3/b4-3+,9-5+. The zero-order chi connectivity index (χ0) is 11.6. The van der Waals surface area contributed by atoms with E-state index in [0.717, 1.165) is 6.42 Å². The molecule has 0 unspecified atom stereocenters. The van der Waals surface area contributed by atoms with Gasteiger partial charge in [0.25, 0.3) is 0 Å². The van der Waals surface area contributed by atoms with E-state index >= 15 is 0 Å². The van der Waals surface area contributed by atoms with Gasteiger partial charge in [0.1, 0.15) is 6.61 Å². The summed E-state index contributed by atoms with van der Waals surface area (Å²) in [6.07, 6.45) is 8.68. The minimum atomic E-state index is -0.287. The molecule has 0 bridgehead atoms. The zero-order valence-corrected chi connectivity index (χ0v) is 9.43. The van der Waals surface area contributed by atoms with Gasteiger partial charge in [-0.05, 0) is 24.6 Å². The highest BCUT2D eigenvalue weighted by atomic mass is 16.5. The van der Waals surface area contributed by atoms with Crippen molar-refractivity contribution in [3.63, 3.8) is 0 Å². The second-order valence-corrected chi connectivity index (χ2v) is 3.23. The molecule has 0 aliphatic carbocycles. The van der Waals surface area contributed by atoms with Crippen LogP contribution in [0.15, 0.2) is 54.6 Å². The van der Waals surface area contributed by atoms with Crippen LogP contribution in [-0.2, 0) is 4.74 Å².